The molecule has 2 fully saturated rings. The van der Waals surface area contributed by atoms with Crippen LogP contribution in [-0.2, 0) is 28.5 Å². The Kier molecular flexibility index (Phi) is 13.0. The zero-order chi connectivity index (χ0) is 36.3. The summed E-state index contributed by atoms with van der Waals surface area (Å²) in [6.07, 6.45) is -0.626. The van der Waals surface area contributed by atoms with Crippen LogP contribution in [0.25, 0.3) is 0 Å². The Morgan fingerprint density at radius 2 is 1.71 bits per heavy atom. The van der Waals surface area contributed by atoms with Crippen molar-refractivity contribution < 1.29 is 38.0 Å². The third-order valence-electron chi connectivity index (χ3n) is 9.81. The minimum atomic E-state index is -1.04. The predicted octanol–water partition coefficient (Wildman–Crippen LogP) is 8.69. The molecule has 2 saturated heterocycles. The Bertz CT molecular complexity index is 1330. The van der Waals surface area contributed by atoms with E-state index in [4.69, 9.17) is 28.4 Å². The maximum Gasteiger partial charge on any atom is 0.413 e. The average Bonchev–Trinajstić information content (AvgIpc) is 3.37. The molecule has 9 heteroatoms. The quantitative estimate of drug-likeness (QED) is 0.170. The molecule has 270 valence electrons. The summed E-state index contributed by atoms with van der Waals surface area (Å²) in [7, 11) is 1.58. The minimum Gasteiger partial charge on any atom is -0.496 e. The molecule has 0 radical (unpaired) electrons. The van der Waals surface area contributed by atoms with Crippen LogP contribution in [0, 0.1) is 24.2 Å². The van der Waals surface area contributed by atoms with Gasteiger partial charge in [-0.15, -0.1) is 0 Å². The van der Waals surface area contributed by atoms with Crippen LogP contribution in [0.5, 0.6) is 5.75 Å². The van der Waals surface area contributed by atoms with Crippen molar-refractivity contribution in [1.82, 2.24) is 4.90 Å². The second-order valence-electron chi connectivity index (χ2n) is 15.5. The van der Waals surface area contributed by atoms with Gasteiger partial charge < -0.3 is 28.4 Å². The number of carbonyl (C=O) groups excluding carboxylic acids is 2. The molecule has 2 unspecified atom stereocenters. The molecule has 2 aliphatic heterocycles. The Morgan fingerprint density at radius 3 is 2.25 bits per heavy atom. The number of amides is 1. The molecule has 2 heterocycles. The summed E-state index contributed by atoms with van der Waals surface area (Å²) in [4.78, 5) is 29.5. The van der Waals surface area contributed by atoms with Gasteiger partial charge in [-0.3, -0.25) is 4.90 Å². The SMILES string of the molecule is C=CC1O[C@@H](CC)C(C)(C)[C@H]([C@@H](C)/C(C)=C(\C)[C@H](C)OC(=O)[C@@H]2OC(c3ccc(C)cc3OC)N(C(=O)OC(C)(C)C)[C@H]2CC(C)C)O1. The molecule has 0 N–H and O–H groups in total. The lowest BCUT2D eigenvalue weighted by molar-refractivity contribution is -0.283. The van der Waals surface area contributed by atoms with Gasteiger partial charge in [0.05, 0.1) is 25.4 Å². The molecule has 8 atom stereocenters. The Balaban J connectivity index is 1.96. The van der Waals surface area contributed by atoms with E-state index in [0.29, 0.717) is 17.7 Å². The molecular formula is C39H61NO8. The van der Waals surface area contributed by atoms with Gasteiger partial charge in [0.2, 0.25) is 0 Å². The van der Waals surface area contributed by atoms with Crippen LogP contribution >= 0.6 is 0 Å². The highest BCUT2D eigenvalue weighted by Crippen LogP contribution is 2.45. The number of nitrogens with zero attached hydrogens (tertiary/aromatic N) is 1. The summed E-state index contributed by atoms with van der Waals surface area (Å²) in [5.41, 5.74) is 2.63. The van der Waals surface area contributed by atoms with E-state index in [2.05, 4.69) is 55.0 Å². The van der Waals surface area contributed by atoms with Gasteiger partial charge in [0.15, 0.2) is 18.6 Å². The van der Waals surface area contributed by atoms with Crippen LogP contribution in [-0.4, -0.2) is 66.4 Å². The third kappa shape index (κ3) is 8.82. The first kappa shape index (κ1) is 39.6. The number of hydrogen-bond acceptors (Lipinski definition) is 8. The van der Waals surface area contributed by atoms with E-state index < -0.39 is 48.4 Å². The van der Waals surface area contributed by atoms with Gasteiger partial charge in [-0.1, -0.05) is 65.8 Å². The topological polar surface area (TPSA) is 92.8 Å². The van der Waals surface area contributed by atoms with Gasteiger partial charge in [0.1, 0.15) is 17.5 Å². The Labute approximate surface area is 289 Å². The number of esters is 1. The van der Waals surface area contributed by atoms with E-state index in [9.17, 15) is 9.59 Å². The second-order valence-corrected chi connectivity index (χ2v) is 15.5. The zero-order valence-electron chi connectivity index (χ0n) is 31.8. The number of methoxy groups -OCH3 is 1. The molecule has 1 amide bonds. The highest BCUT2D eigenvalue weighted by Gasteiger charge is 2.52. The van der Waals surface area contributed by atoms with Gasteiger partial charge in [-0.05, 0) is 90.5 Å². The van der Waals surface area contributed by atoms with Gasteiger partial charge in [-0.25, -0.2) is 9.59 Å². The van der Waals surface area contributed by atoms with Crippen LogP contribution in [0.4, 0.5) is 4.79 Å². The zero-order valence-corrected chi connectivity index (χ0v) is 31.8. The molecule has 3 rings (SSSR count). The normalized spacial score (nSPS) is 27.6. The van der Waals surface area contributed by atoms with Crippen molar-refractivity contribution in [1.29, 1.82) is 0 Å². The number of benzene rings is 1. The first-order chi connectivity index (χ1) is 22.3. The number of carbonyl (C=O) groups is 2. The van der Waals surface area contributed by atoms with E-state index in [1.165, 1.54) is 0 Å². The Morgan fingerprint density at radius 1 is 1.06 bits per heavy atom. The van der Waals surface area contributed by atoms with Crippen LogP contribution < -0.4 is 4.74 Å². The lowest BCUT2D eigenvalue weighted by atomic mass is 9.71. The molecule has 9 nitrogen and oxygen atoms in total. The maximum atomic E-state index is 14.1. The van der Waals surface area contributed by atoms with Crippen LogP contribution in [0.3, 0.4) is 0 Å². The van der Waals surface area contributed by atoms with Gasteiger partial charge >= 0.3 is 12.1 Å². The van der Waals surface area contributed by atoms with Gasteiger partial charge in [0, 0.05) is 16.9 Å². The maximum absolute atomic E-state index is 14.1. The van der Waals surface area contributed by atoms with E-state index in [0.717, 1.165) is 23.1 Å². The number of ether oxygens (including phenoxy) is 6. The Hall–Kier alpha value is -2.88. The fourth-order valence-electron chi connectivity index (χ4n) is 6.94. The van der Waals surface area contributed by atoms with Crippen LogP contribution in [0.2, 0.25) is 0 Å². The molecule has 0 spiro atoms. The summed E-state index contributed by atoms with van der Waals surface area (Å²) in [5.74, 6) is 0.188. The standard InChI is InChI=1S/C39H61NO8/c1-16-31-39(13,14)34(46-32(17-2)45-31)26(8)24(6)25(7)27(9)44-36(41)33-29(20-22(3)4)40(37(42)48-38(10,11)12)35(47-33)28-19-18-23(5)21-30(28)43-15/h17-19,21-22,26-27,29,31-35H,2,16,20H2,1,3-15H3/b25-24+/t26-,27-,29-,31-,32?,33+,34-,35?/m0/s1. The van der Waals surface area contributed by atoms with Crippen molar-refractivity contribution in [3.8, 4) is 5.75 Å². The highest BCUT2D eigenvalue weighted by atomic mass is 16.7. The van der Waals surface area contributed by atoms with Crippen molar-refractivity contribution in [3.63, 3.8) is 0 Å². The summed E-state index contributed by atoms with van der Waals surface area (Å²) in [6, 6.07) is 5.06. The third-order valence-corrected chi connectivity index (χ3v) is 9.81. The van der Waals surface area contributed by atoms with E-state index in [-0.39, 0.29) is 29.5 Å². The molecule has 48 heavy (non-hydrogen) atoms. The molecule has 0 bridgehead atoms. The number of rotatable bonds is 11. The first-order valence-corrected chi connectivity index (χ1v) is 17.4. The van der Waals surface area contributed by atoms with Crippen LogP contribution in [0.1, 0.15) is 113 Å². The fraction of sp³-hybridized carbons (Fsp3) is 0.692. The van der Waals surface area contributed by atoms with Gasteiger partial charge in [0.25, 0.3) is 0 Å². The van der Waals surface area contributed by atoms with Gasteiger partial charge in [-0.2, -0.15) is 0 Å². The average molecular weight is 672 g/mol. The van der Waals surface area contributed by atoms with E-state index >= 15 is 0 Å². The van der Waals surface area contributed by atoms with E-state index in [1.54, 1.807) is 18.1 Å². The smallest absolute Gasteiger partial charge is 0.413 e. The summed E-state index contributed by atoms with van der Waals surface area (Å²) >= 11 is 0. The van der Waals surface area contributed by atoms with Crippen molar-refractivity contribution in [3.05, 3.63) is 53.1 Å². The van der Waals surface area contributed by atoms with Crippen molar-refractivity contribution >= 4 is 12.1 Å². The highest BCUT2D eigenvalue weighted by molar-refractivity contribution is 5.79. The summed E-state index contributed by atoms with van der Waals surface area (Å²) in [5, 5.41) is 0. The predicted molar refractivity (Wildman–Crippen MR) is 188 cm³/mol. The largest absolute Gasteiger partial charge is 0.496 e. The van der Waals surface area contributed by atoms with Crippen molar-refractivity contribution in [2.75, 3.05) is 7.11 Å². The monoisotopic (exact) mass is 671 g/mol. The number of hydrogen-bond donors (Lipinski definition) is 0. The molecule has 0 aliphatic carbocycles. The first-order valence-electron chi connectivity index (χ1n) is 17.4. The molecule has 0 saturated carbocycles. The van der Waals surface area contributed by atoms with Crippen LogP contribution in [0.15, 0.2) is 42.0 Å². The molecule has 2 aliphatic rings. The molecular weight excluding hydrogens is 610 g/mol. The second kappa shape index (κ2) is 15.8. The van der Waals surface area contributed by atoms with Crippen molar-refractivity contribution in [2.45, 2.75) is 151 Å². The lowest BCUT2D eigenvalue weighted by Gasteiger charge is -2.49. The summed E-state index contributed by atoms with van der Waals surface area (Å²) < 4.78 is 36.8. The number of aryl methyl sites for hydroxylation is 1. The van der Waals surface area contributed by atoms with Crippen molar-refractivity contribution in [2.24, 2.45) is 17.3 Å². The molecule has 0 aromatic heterocycles. The molecule has 1 aromatic rings. The van der Waals surface area contributed by atoms with E-state index in [1.807, 2.05) is 59.7 Å². The molecule has 1 aromatic carbocycles. The minimum absolute atomic E-state index is 0.00971. The lowest BCUT2D eigenvalue weighted by Crippen LogP contribution is -2.54. The fourth-order valence-corrected chi connectivity index (χ4v) is 6.94. The summed E-state index contributed by atoms with van der Waals surface area (Å²) in [6.45, 7) is 30.0.